The Morgan fingerprint density at radius 3 is 2.65 bits per heavy atom. The Hall–Kier alpha value is -1.53. The lowest BCUT2D eigenvalue weighted by Crippen LogP contribution is -2.00. The van der Waals surface area contributed by atoms with Gasteiger partial charge in [0.2, 0.25) is 0 Å². The second-order valence-corrected chi connectivity index (χ2v) is 4.76. The topological polar surface area (TPSA) is 35.2 Å². The quantitative estimate of drug-likeness (QED) is 0.578. The van der Waals surface area contributed by atoms with Gasteiger partial charge in [0.25, 0.3) is 0 Å². The van der Waals surface area contributed by atoms with Crippen LogP contribution in [0.1, 0.15) is 51.0 Å². The Morgan fingerprint density at radius 1 is 1.15 bits per heavy atom. The van der Waals surface area contributed by atoms with Gasteiger partial charge in [0.15, 0.2) is 0 Å². The average molecular weight is 277 g/mol. The number of ether oxygens (including phenoxy) is 1. The molecule has 0 aliphatic heterocycles. The molecular formula is C17H24FNO. The van der Waals surface area contributed by atoms with E-state index in [0.29, 0.717) is 17.9 Å². The number of halogens is 1. The number of hydrogen-bond acceptors (Lipinski definition) is 2. The summed E-state index contributed by atoms with van der Waals surface area (Å²) < 4.78 is 18.9. The lowest BCUT2D eigenvalue weighted by atomic mass is 10.1. The Morgan fingerprint density at radius 2 is 1.90 bits per heavy atom. The zero-order valence-electron chi connectivity index (χ0n) is 12.3. The summed E-state index contributed by atoms with van der Waals surface area (Å²) in [6, 6.07) is 4.41. The second-order valence-electron chi connectivity index (χ2n) is 4.76. The zero-order chi connectivity index (χ0) is 14.6. The Kier molecular flexibility index (Phi) is 8.49. The van der Waals surface area contributed by atoms with Crippen LogP contribution in [0, 0.1) is 17.7 Å². The first-order valence-electron chi connectivity index (χ1n) is 7.39. The first-order valence-corrected chi connectivity index (χ1v) is 7.39. The second kappa shape index (κ2) is 10.3. The molecule has 110 valence electrons. The van der Waals surface area contributed by atoms with Crippen LogP contribution < -0.4 is 10.5 Å². The average Bonchev–Trinajstić information content (AvgIpc) is 2.45. The molecule has 0 spiro atoms. The lowest BCUT2D eigenvalue weighted by molar-refractivity contribution is 0.302. The minimum atomic E-state index is -0.304. The smallest absolute Gasteiger partial charge is 0.137 e. The molecular weight excluding hydrogens is 253 g/mol. The third-order valence-corrected chi connectivity index (χ3v) is 3.02. The summed E-state index contributed by atoms with van der Waals surface area (Å²) in [6.07, 6.45) is 7.21. The summed E-state index contributed by atoms with van der Waals surface area (Å²) in [5, 5.41) is 0. The highest BCUT2D eigenvalue weighted by molar-refractivity contribution is 5.46. The van der Waals surface area contributed by atoms with Gasteiger partial charge in [0, 0.05) is 6.07 Å². The van der Waals surface area contributed by atoms with E-state index in [1.54, 1.807) is 6.07 Å². The van der Waals surface area contributed by atoms with Crippen molar-refractivity contribution in [2.24, 2.45) is 5.73 Å². The van der Waals surface area contributed by atoms with Gasteiger partial charge in [-0.15, -0.1) is 0 Å². The van der Waals surface area contributed by atoms with Gasteiger partial charge >= 0.3 is 0 Å². The molecule has 0 aliphatic carbocycles. The van der Waals surface area contributed by atoms with Crippen molar-refractivity contribution in [2.75, 3.05) is 13.2 Å². The number of nitrogens with two attached hydrogens (primary N) is 1. The first-order chi connectivity index (χ1) is 9.77. The number of hydrogen-bond donors (Lipinski definition) is 1. The molecule has 1 aromatic rings. The minimum absolute atomic E-state index is 0.286. The molecule has 3 heteroatoms. The van der Waals surface area contributed by atoms with Crippen molar-refractivity contribution in [2.45, 2.75) is 45.4 Å². The summed E-state index contributed by atoms with van der Waals surface area (Å²) >= 11 is 0. The fraction of sp³-hybridized carbons (Fsp3) is 0.529. The Balaban J connectivity index is 2.40. The van der Waals surface area contributed by atoms with E-state index in [0.717, 1.165) is 12.8 Å². The van der Waals surface area contributed by atoms with Crippen molar-refractivity contribution in [3.8, 4) is 17.6 Å². The number of unbranched alkanes of at least 4 members (excludes halogenated alkanes) is 5. The molecule has 20 heavy (non-hydrogen) atoms. The van der Waals surface area contributed by atoms with E-state index >= 15 is 0 Å². The van der Waals surface area contributed by atoms with Crippen molar-refractivity contribution in [3.63, 3.8) is 0 Å². The largest absolute Gasteiger partial charge is 0.492 e. The molecule has 0 unspecified atom stereocenters. The summed E-state index contributed by atoms with van der Waals surface area (Å²) in [4.78, 5) is 0. The van der Waals surface area contributed by atoms with Gasteiger partial charge in [-0.1, -0.05) is 50.9 Å². The van der Waals surface area contributed by atoms with Crippen LogP contribution in [0.15, 0.2) is 18.2 Å². The van der Waals surface area contributed by atoms with Gasteiger partial charge in [-0.25, -0.2) is 4.39 Å². The predicted molar refractivity (Wildman–Crippen MR) is 81.2 cm³/mol. The molecule has 0 amide bonds. The molecule has 2 N–H and O–H groups in total. The van der Waals surface area contributed by atoms with Gasteiger partial charge in [-0.05, 0) is 18.6 Å². The fourth-order valence-corrected chi connectivity index (χ4v) is 1.93. The van der Waals surface area contributed by atoms with Gasteiger partial charge in [-0.3, -0.25) is 0 Å². The van der Waals surface area contributed by atoms with Crippen LogP contribution in [0.2, 0.25) is 0 Å². The molecule has 0 saturated carbocycles. The van der Waals surface area contributed by atoms with E-state index in [2.05, 4.69) is 18.8 Å². The maximum absolute atomic E-state index is 13.2. The molecule has 0 bridgehead atoms. The minimum Gasteiger partial charge on any atom is -0.492 e. The molecule has 0 aromatic heterocycles. The molecule has 2 nitrogen and oxygen atoms in total. The highest BCUT2D eigenvalue weighted by Gasteiger charge is 2.03. The normalized spacial score (nSPS) is 9.95. The summed E-state index contributed by atoms with van der Waals surface area (Å²) in [6.45, 7) is 3.10. The SMILES string of the molecule is CCCCCCCCOc1cc(F)ccc1C#CCN. The van der Waals surface area contributed by atoms with Gasteiger partial charge in [0.05, 0.1) is 18.7 Å². The fourth-order valence-electron chi connectivity index (χ4n) is 1.93. The molecule has 1 aromatic carbocycles. The standard InChI is InChI=1S/C17H24FNO/c1-2-3-4-5-6-7-13-20-17-14-16(18)11-10-15(17)9-8-12-19/h10-11,14H,2-7,12-13,19H2,1H3. The van der Waals surface area contributed by atoms with E-state index in [4.69, 9.17) is 10.5 Å². The molecule has 0 radical (unpaired) electrons. The van der Waals surface area contributed by atoms with Crippen LogP contribution >= 0.6 is 0 Å². The molecule has 0 heterocycles. The summed E-state index contributed by atoms with van der Waals surface area (Å²) in [5.74, 6) is 5.88. The predicted octanol–water partition coefficient (Wildman–Crippen LogP) is 3.88. The van der Waals surface area contributed by atoms with Gasteiger partial charge < -0.3 is 10.5 Å². The van der Waals surface area contributed by atoms with E-state index in [-0.39, 0.29) is 12.4 Å². The highest BCUT2D eigenvalue weighted by Crippen LogP contribution is 2.19. The van der Waals surface area contributed by atoms with Gasteiger partial charge in [0.1, 0.15) is 11.6 Å². The van der Waals surface area contributed by atoms with E-state index in [1.807, 2.05) is 0 Å². The summed E-state index contributed by atoms with van der Waals surface area (Å²) in [5.41, 5.74) is 6.04. The molecule has 1 rings (SSSR count). The third kappa shape index (κ3) is 6.58. The van der Waals surface area contributed by atoms with Crippen LogP contribution in [-0.4, -0.2) is 13.2 Å². The lowest BCUT2D eigenvalue weighted by Gasteiger charge is -2.08. The van der Waals surface area contributed by atoms with E-state index < -0.39 is 0 Å². The van der Waals surface area contributed by atoms with Crippen molar-refractivity contribution < 1.29 is 9.13 Å². The maximum atomic E-state index is 13.2. The molecule has 0 atom stereocenters. The highest BCUT2D eigenvalue weighted by atomic mass is 19.1. The Bertz CT molecular complexity index is 448. The maximum Gasteiger partial charge on any atom is 0.137 e. The van der Waals surface area contributed by atoms with Crippen LogP contribution in [0.25, 0.3) is 0 Å². The number of rotatable bonds is 8. The van der Waals surface area contributed by atoms with E-state index in [1.165, 1.54) is 37.8 Å². The Labute approximate surface area is 121 Å². The van der Waals surface area contributed by atoms with E-state index in [9.17, 15) is 4.39 Å². The van der Waals surface area contributed by atoms with Crippen LogP contribution in [0.3, 0.4) is 0 Å². The zero-order valence-corrected chi connectivity index (χ0v) is 12.3. The molecule has 0 fully saturated rings. The summed E-state index contributed by atoms with van der Waals surface area (Å²) in [7, 11) is 0. The van der Waals surface area contributed by atoms with Crippen LogP contribution in [0.5, 0.6) is 5.75 Å². The van der Waals surface area contributed by atoms with Crippen molar-refractivity contribution in [1.29, 1.82) is 0 Å². The van der Waals surface area contributed by atoms with Crippen molar-refractivity contribution in [3.05, 3.63) is 29.6 Å². The molecule has 0 saturated heterocycles. The van der Waals surface area contributed by atoms with Crippen LogP contribution in [-0.2, 0) is 0 Å². The van der Waals surface area contributed by atoms with Crippen molar-refractivity contribution in [1.82, 2.24) is 0 Å². The number of benzene rings is 1. The first kappa shape index (κ1) is 16.5. The van der Waals surface area contributed by atoms with Crippen LogP contribution in [0.4, 0.5) is 4.39 Å². The van der Waals surface area contributed by atoms with Crippen molar-refractivity contribution >= 4 is 0 Å². The van der Waals surface area contributed by atoms with Gasteiger partial charge in [-0.2, -0.15) is 0 Å². The molecule has 0 aliphatic rings. The monoisotopic (exact) mass is 277 g/mol. The third-order valence-electron chi connectivity index (χ3n) is 3.02.